The number of thioether (sulfide) groups is 1. The molecule has 3 aromatic rings. The van der Waals surface area contributed by atoms with E-state index in [1.165, 1.54) is 24.7 Å². The molecule has 0 unspecified atom stereocenters. The predicted octanol–water partition coefficient (Wildman–Crippen LogP) is 1.37. The van der Waals surface area contributed by atoms with E-state index in [1.807, 2.05) is 19.9 Å². The number of fused-ring (bicyclic) bond motifs is 1. The molecule has 3 rings (SSSR count). The van der Waals surface area contributed by atoms with E-state index in [4.69, 9.17) is 9.47 Å². The van der Waals surface area contributed by atoms with Crippen LogP contribution in [0.3, 0.4) is 0 Å². The Morgan fingerprint density at radius 3 is 2.33 bits per heavy atom. The number of aromatic nitrogens is 4. The second-order valence-corrected chi connectivity index (χ2v) is 7.93. The molecule has 0 aliphatic heterocycles. The van der Waals surface area contributed by atoms with E-state index in [1.54, 1.807) is 17.7 Å². The van der Waals surface area contributed by atoms with Gasteiger partial charge in [0, 0.05) is 33.3 Å². The third kappa shape index (κ3) is 4.58. The zero-order valence-electron chi connectivity index (χ0n) is 19.0. The average Bonchev–Trinajstić information content (AvgIpc) is 3.13. The van der Waals surface area contributed by atoms with E-state index in [2.05, 4.69) is 10.3 Å². The molecule has 1 N–H and O–H groups in total. The Hall–Kier alpha value is -3.72. The predicted molar refractivity (Wildman–Crippen MR) is 124 cm³/mol. The topological polar surface area (TPSA) is 133 Å². The molecule has 2 aromatic heterocycles. The molecule has 0 aliphatic carbocycles. The monoisotopic (exact) mass is 472 g/mol. The molecule has 174 valence electrons. The van der Waals surface area contributed by atoms with Crippen LogP contribution >= 0.6 is 11.8 Å². The molecule has 1 amide bonds. The molecule has 0 bridgehead atoms. The van der Waals surface area contributed by atoms with Crippen molar-refractivity contribution in [1.29, 1.82) is 5.26 Å². The number of nitriles is 1. The van der Waals surface area contributed by atoms with Crippen molar-refractivity contribution in [3.8, 4) is 17.6 Å². The number of benzene rings is 1. The van der Waals surface area contributed by atoms with E-state index in [0.717, 1.165) is 16.3 Å². The normalized spacial score (nSPS) is 10.8. The zero-order chi connectivity index (χ0) is 24.3. The molecule has 0 atom stereocenters. The standard InChI is InChI=1S/C21H24N6O5S/c1-6-31-14-8-12(10-22)13(9-15(14)32-7-2)23-16(28)11-33-20-24-18-17(25(20)3)19(29)27(5)21(30)26(18)4/h8-9H,6-7,11H2,1-5H3,(H,23,28). The Morgan fingerprint density at radius 2 is 1.73 bits per heavy atom. The number of hydrogen-bond acceptors (Lipinski definition) is 8. The molecular formula is C21H24N6O5S. The van der Waals surface area contributed by atoms with Crippen LogP contribution < -0.4 is 26.0 Å². The maximum Gasteiger partial charge on any atom is 0.332 e. The Bertz CT molecular complexity index is 1380. The van der Waals surface area contributed by atoms with Gasteiger partial charge in [-0.05, 0) is 13.8 Å². The minimum Gasteiger partial charge on any atom is -0.490 e. The van der Waals surface area contributed by atoms with Gasteiger partial charge in [-0.25, -0.2) is 9.78 Å². The molecule has 0 radical (unpaired) electrons. The summed E-state index contributed by atoms with van der Waals surface area (Å²) in [6, 6.07) is 5.14. The number of nitrogens with one attached hydrogen (secondary N) is 1. The molecule has 0 fully saturated rings. The number of carbonyl (C=O) groups is 1. The van der Waals surface area contributed by atoms with Gasteiger partial charge in [-0.2, -0.15) is 5.26 Å². The maximum atomic E-state index is 12.6. The lowest BCUT2D eigenvalue weighted by atomic mass is 10.1. The smallest absolute Gasteiger partial charge is 0.332 e. The van der Waals surface area contributed by atoms with E-state index >= 15 is 0 Å². The van der Waals surface area contributed by atoms with Gasteiger partial charge in [0.1, 0.15) is 6.07 Å². The van der Waals surface area contributed by atoms with Crippen LogP contribution in [0, 0.1) is 11.3 Å². The number of aryl methyl sites for hydroxylation is 2. The quantitative estimate of drug-likeness (QED) is 0.486. The van der Waals surface area contributed by atoms with Crippen molar-refractivity contribution in [3.63, 3.8) is 0 Å². The molecule has 33 heavy (non-hydrogen) atoms. The highest BCUT2D eigenvalue weighted by Gasteiger charge is 2.19. The van der Waals surface area contributed by atoms with Crippen LogP contribution in [0.5, 0.6) is 11.5 Å². The highest BCUT2D eigenvalue weighted by Crippen LogP contribution is 2.34. The number of amides is 1. The number of rotatable bonds is 8. The Morgan fingerprint density at radius 1 is 1.09 bits per heavy atom. The summed E-state index contributed by atoms with van der Waals surface area (Å²) >= 11 is 1.11. The molecule has 12 heteroatoms. The van der Waals surface area contributed by atoms with Gasteiger partial charge in [-0.15, -0.1) is 0 Å². The average molecular weight is 473 g/mol. The van der Waals surface area contributed by atoms with E-state index in [-0.39, 0.29) is 28.4 Å². The highest BCUT2D eigenvalue weighted by atomic mass is 32.2. The van der Waals surface area contributed by atoms with Crippen molar-refractivity contribution in [2.75, 3.05) is 24.3 Å². The minimum absolute atomic E-state index is 0.0343. The summed E-state index contributed by atoms with van der Waals surface area (Å²) < 4.78 is 14.9. The fourth-order valence-corrected chi connectivity index (χ4v) is 4.00. The summed E-state index contributed by atoms with van der Waals surface area (Å²) in [6.45, 7) is 4.44. The summed E-state index contributed by atoms with van der Waals surface area (Å²) in [7, 11) is 4.58. The maximum absolute atomic E-state index is 12.6. The Kier molecular flexibility index (Phi) is 7.13. The number of ether oxygens (including phenoxy) is 2. The van der Waals surface area contributed by atoms with Gasteiger partial charge in [0.15, 0.2) is 27.8 Å². The summed E-state index contributed by atoms with van der Waals surface area (Å²) in [4.78, 5) is 41.6. The second kappa shape index (κ2) is 9.83. The molecule has 11 nitrogen and oxygen atoms in total. The molecule has 2 heterocycles. The number of anilines is 1. The number of carbonyl (C=O) groups excluding carboxylic acids is 1. The van der Waals surface area contributed by atoms with Crippen molar-refractivity contribution in [3.05, 3.63) is 38.5 Å². The lowest BCUT2D eigenvalue weighted by Crippen LogP contribution is -2.37. The number of imidazole rings is 1. The third-order valence-electron chi connectivity index (χ3n) is 4.84. The summed E-state index contributed by atoms with van der Waals surface area (Å²) in [5.41, 5.74) is 0.105. The van der Waals surface area contributed by atoms with Gasteiger partial charge in [0.25, 0.3) is 5.56 Å². The minimum atomic E-state index is -0.482. The van der Waals surface area contributed by atoms with Crippen LogP contribution in [0.2, 0.25) is 0 Å². The molecular weight excluding hydrogens is 448 g/mol. The lowest BCUT2D eigenvalue weighted by Gasteiger charge is -2.14. The van der Waals surface area contributed by atoms with Crippen molar-refractivity contribution >= 4 is 34.5 Å². The fraction of sp³-hybridized carbons (Fsp3) is 0.381. The Labute approximate surface area is 193 Å². The summed E-state index contributed by atoms with van der Waals surface area (Å²) in [6.07, 6.45) is 0. The van der Waals surface area contributed by atoms with Crippen LogP contribution in [0.15, 0.2) is 26.9 Å². The van der Waals surface area contributed by atoms with Gasteiger partial charge in [0.2, 0.25) is 5.91 Å². The van der Waals surface area contributed by atoms with Crippen LogP contribution in [0.1, 0.15) is 19.4 Å². The SMILES string of the molecule is CCOc1cc(C#N)c(NC(=O)CSc2nc3c(c(=O)n(C)c(=O)n3C)n2C)cc1OCC. The molecule has 0 saturated heterocycles. The van der Waals surface area contributed by atoms with Crippen molar-refractivity contribution in [1.82, 2.24) is 18.7 Å². The van der Waals surface area contributed by atoms with E-state index in [0.29, 0.717) is 35.6 Å². The fourth-order valence-electron chi connectivity index (χ4n) is 3.24. The first-order chi connectivity index (χ1) is 15.7. The molecule has 1 aromatic carbocycles. The van der Waals surface area contributed by atoms with Crippen molar-refractivity contribution in [2.45, 2.75) is 19.0 Å². The Balaban J connectivity index is 1.84. The van der Waals surface area contributed by atoms with Gasteiger partial charge in [-0.1, -0.05) is 11.8 Å². The van der Waals surface area contributed by atoms with Gasteiger partial charge in [0.05, 0.1) is 30.2 Å². The van der Waals surface area contributed by atoms with Crippen LogP contribution in [0.25, 0.3) is 11.2 Å². The highest BCUT2D eigenvalue weighted by molar-refractivity contribution is 7.99. The van der Waals surface area contributed by atoms with Gasteiger partial charge >= 0.3 is 5.69 Å². The first-order valence-corrected chi connectivity index (χ1v) is 11.1. The molecule has 0 spiro atoms. The number of nitrogens with zero attached hydrogens (tertiary/aromatic N) is 5. The largest absolute Gasteiger partial charge is 0.490 e. The van der Waals surface area contributed by atoms with Gasteiger partial charge in [-0.3, -0.25) is 18.7 Å². The van der Waals surface area contributed by atoms with Crippen LogP contribution in [-0.2, 0) is 25.9 Å². The van der Waals surface area contributed by atoms with Crippen LogP contribution in [-0.4, -0.2) is 43.6 Å². The molecule has 0 saturated carbocycles. The van der Waals surface area contributed by atoms with Crippen molar-refractivity contribution in [2.24, 2.45) is 21.1 Å². The lowest BCUT2D eigenvalue weighted by molar-refractivity contribution is -0.113. The number of hydrogen-bond donors (Lipinski definition) is 1. The van der Waals surface area contributed by atoms with E-state index in [9.17, 15) is 19.6 Å². The molecule has 0 aliphatic rings. The first-order valence-electron chi connectivity index (χ1n) is 10.1. The summed E-state index contributed by atoms with van der Waals surface area (Å²) in [5, 5.41) is 12.6. The van der Waals surface area contributed by atoms with Crippen molar-refractivity contribution < 1.29 is 14.3 Å². The third-order valence-corrected chi connectivity index (χ3v) is 5.87. The van der Waals surface area contributed by atoms with E-state index < -0.39 is 11.2 Å². The van der Waals surface area contributed by atoms with Gasteiger partial charge < -0.3 is 19.4 Å². The summed E-state index contributed by atoms with van der Waals surface area (Å²) in [5.74, 6) is 0.438. The second-order valence-electron chi connectivity index (χ2n) is 6.99. The zero-order valence-corrected chi connectivity index (χ0v) is 19.8. The van der Waals surface area contributed by atoms with Crippen LogP contribution in [0.4, 0.5) is 5.69 Å². The first kappa shape index (κ1) is 23.9.